The number of rotatable bonds is 4. The van der Waals surface area contributed by atoms with Gasteiger partial charge >= 0.3 is 0 Å². The molecule has 0 saturated carbocycles. The van der Waals surface area contributed by atoms with Gasteiger partial charge in [-0.3, -0.25) is 4.79 Å². The van der Waals surface area contributed by atoms with E-state index in [0.717, 1.165) is 22.0 Å². The number of aromatic nitrogens is 2. The van der Waals surface area contributed by atoms with Crippen LogP contribution in [0.3, 0.4) is 0 Å². The van der Waals surface area contributed by atoms with Gasteiger partial charge in [0.2, 0.25) is 0 Å². The predicted molar refractivity (Wildman–Crippen MR) is 93.2 cm³/mol. The number of nitrogens with zero attached hydrogens (tertiary/aromatic N) is 2. The van der Waals surface area contributed by atoms with E-state index in [0.29, 0.717) is 5.56 Å². The van der Waals surface area contributed by atoms with E-state index in [9.17, 15) is 4.79 Å². The Morgan fingerprint density at radius 2 is 1.96 bits per heavy atom. The lowest BCUT2D eigenvalue weighted by atomic mass is 10.1. The van der Waals surface area contributed by atoms with Crippen LogP contribution in [0.25, 0.3) is 5.69 Å². The summed E-state index contributed by atoms with van der Waals surface area (Å²) in [5.41, 5.74) is 3.66. The molecule has 1 amide bonds. The molecule has 0 aliphatic rings. The third kappa shape index (κ3) is 3.35. The van der Waals surface area contributed by atoms with E-state index in [4.69, 9.17) is 0 Å². The fourth-order valence-corrected chi connectivity index (χ4v) is 3.27. The van der Waals surface area contributed by atoms with Crippen LogP contribution in [-0.2, 0) is 0 Å². The minimum absolute atomic E-state index is 0.0122. The molecule has 1 atom stereocenters. The summed E-state index contributed by atoms with van der Waals surface area (Å²) in [6.45, 7) is 5.98. The molecular weight excluding hydrogens is 306 g/mol. The van der Waals surface area contributed by atoms with Gasteiger partial charge in [-0.2, -0.15) is 5.10 Å². The highest BCUT2D eigenvalue weighted by atomic mass is 32.1. The van der Waals surface area contributed by atoms with Gasteiger partial charge in [-0.25, -0.2) is 4.68 Å². The zero-order chi connectivity index (χ0) is 16.4. The summed E-state index contributed by atoms with van der Waals surface area (Å²) in [7, 11) is 0. The molecule has 0 fully saturated rings. The molecule has 0 aliphatic carbocycles. The topological polar surface area (TPSA) is 46.9 Å². The van der Waals surface area contributed by atoms with Crippen LogP contribution in [0, 0.1) is 13.8 Å². The number of hydrogen-bond acceptors (Lipinski definition) is 3. The third-order valence-corrected chi connectivity index (χ3v) is 4.76. The lowest BCUT2D eigenvalue weighted by Crippen LogP contribution is -2.26. The molecule has 23 heavy (non-hydrogen) atoms. The lowest BCUT2D eigenvalue weighted by molar-refractivity contribution is 0.0940. The Labute approximate surface area is 139 Å². The Kier molecular flexibility index (Phi) is 4.30. The van der Waals surface area contributed by atoms with Gasteiger partial charge in [0.25, 0.3) is 5.91 Å². The summed E-state index contributed by atoms with van der Waals surface area (Å²) in [6.07, 6.45) is 0. The van der Waals surface area contributed by atoms with Crippen molar-refractivity contribution in [3.63, 3.8) is 0 Å². The van der Waals surface area contributed by atoms with Gasteiger partial charge in [0.1, 0.15) is 0 Å². The van der Waals surface area contributed by atoms with Gasteiger partial charge in [-0.15, -0.1) is 11.3 Å². The Bertz CT molecular complexity index is 803. The van der Waals surface area contributed by atoms with Crippen LogP contribution in [0.15, 0.2) is 47.8 Å². The monoisotopic (exact) mass is 325 g/mol. The van der Waals surface area contributed by atoms with E-state index < -0.39 is 0 Å². The molecule has 1 N–H and O–H groups in total. The number of benzene rings is 1. The number of aryl methyl sites for hydroxylation is 2. The summed E-state index contributed by atoms with van der Waals surface area (Å²) in [5.74, 6) is -0.0641. The summed E-state index contributed by atoms with van der Waals surface area (Å²) in [6, 6.07) is 13.6. The zero-order valence-corrected chi connectivity index (χ0v) is 14.2. The van der Waals surface area contributed by atoms with Gasteiger partial charge in [0.15, 0.2) is 0 Å². The Balaban J connectivity index is 1.74. The summed E-state index contributed by atoms with van der Waals surface area (Å²) >= 11 is 1.65. The molecule has 4 nitrogen and oxygen atoms in total. The number of nitrogens with one attached hydrogen (secondary N) is 1. The van der Waals surface area contributed by atoms with Crippen molar-refractivity contribution in [3.8, 4) is 5.69 Å². The van der Waals surface area contributed by atoms with Crippen molar-refractivity contribution in [3.05, 3.63) is 69.7 Å². The van der Waals surface area contributed by atoms with Crippen molar-refractivity contribution in [2.75, 3.05) is 0 Å². The van der Waals surface area contributed by atoms with Gasteiger partial charge in [0.05, 0.1) is 17.4 Å². The van der Waals surface area contributed by atoms with Crippen molar-refractivity contribution in [1.82, 2.24) is 15.1 Å². The summed E-state index contributed by atoms with van der Waals surface area (Å²) in [5, 5.41) is 9.49. The van der Waals surface area contributed by atoms with E-state index in [1.807, 2.05) is 73.3 Å². The number of amides is 1. The molecule has 1 unspecified atom stereocenters. The van der Waals surface area contributed by atoms with Crippen molar-refractivity contribution >= 4 is 17.2 Å². The standard InChI is InChI=1S/C18H19N3OS/c1-12-11-13(2)21(20-12)16-8-6-15(7-9-16)18(22)19-14(3)17-5-4-10-23-17/h4-11,14H,1-3H3,(H,19,22). The van der Waals surface area contributed by atoms with Gasteiger partial charge in [-0.05, 0) is 62.5 Å². The molecule has 0 spiro atoms. The second-order valence-electron chi connectivity index (χ2n) is 5.60. The number of thiophene rings is 1. The van der Waals surface area contributed by atoms with Crippen molar-refractivity contribution in [1.29, 1.82) is 0 Å². The molecular formula is C18H19N3OS. The van der Waals surface area contributed by atoms with Gasteiger partial charge in [-0.1, -0.05) is 6.07 Å². The van der Waals surface area contributed by atoms with E-state index >= 15 is 0 Å². The SMILES string of the molecule is Cc1cc(C)n(-c2ccc(C(=O)NC(C)c3cccs3)cc2)n1. The van der Waals surface area contributed by atoms with Crippen molar-refractivity contribution in [2.24, 2.45) is 0 Å². The predicted octanol–water partition coefficient (Wildman–Crippen LogP) is 4.04. The van der Waals surface area contributed by atoms with E-state index in [1.54, 1.807) is 11.3 Å². The Hall–Kier alpha value is -2.40. The first-order valence-corrected chi connectivity index (χ1v) is 8.40. The zero-order valence-electron chi connectivity index (χ0n) is 13.4. The first-order valence-electron chi connectivity index (χ1n) is 7.52. The largest absolute Gasteiger partial charge is 0.345 e. The van der Waals surface area contributed by atoms with Crippen LogP contribution in [0.5, 0.6) is 0 Å². The lowest BCUT2D eigenvalue weighted by Gasteiger charge is -2.12. The smallest absolute Gasteiger partial charge is 0.251 e. The molecule has 5 heteroatoms. The van der Waals surface area contributed by atoms with E-state index in [2.05, 4.69) is 10.4 Å². The quantitative estimate of drug-likeness (QED) is 0.787. The maximum Gasteiger partial charge on any atom is 0.251 e. The Morgan fingerprint density at radius 3 is 2.52 bits per heavy atom. The van der Waals surface area contributed by atoms with Crippen LogP contribution in [0.4, 0.5) is 0 Å². The highest BCUT2D eigenvalue weighted by Crippen LogP contribution is 2.19. The molecule has 2 heterocycles. The molecule has 118 valence electrons. The molecule has 1 aromatic carbocycles. The molecule has 2 aromatic heterocycles. The number of carbonyl (C=O) groups excluding carboxylic acids is 1. The van der Waals surface area contributed by atoms with Crippen molar-refractivity contribution < 1.29 is 4.79 Å². The summed E-state index contributed by atoms with van der Waals surface area (Å²) in [4.78, 5) is 13.5. The van der Waals surface area contributed by atoms with Crippen LogP contribution in [0.2, 0.25) is 0 Å². The highest BCUT2D eigenvalue weighted by molar-refractivity contribution is 7.10. The fourth-order valence-electron chi connectivity index (χ4n) is 2.53. The molecule has 0 saturated heterocycles. The third-order valence-electron chi connectivity index (χ3n) is 3.70. The second-order valence-corrected chi connectivity index (χ2v) is 6.58. The molecule has 0 aliphatic heterocycles. The maximum atomic E-state index is 12.3. The molecule has 0 bridgehead atoms. The maximum absolute atomic E-state index is 12.3. The normalized spacial score (nSPS) is 12.1. The minimum Gasteiger partial charge on any atom is -0.345 e. The van der Waals surface area contributed by atoms with E-state index in [1.165, 1.54) is 0 Å². The van der Waals surface area contributed by atoms with Crippen LogP contribution < -0.4 is 5.32 Å². The molecule has 3 aromatic rings. The van der Waals surface area contributed by atoms with Crippen LogP contribution in [-0.4, -0.2) is 15.7 Å². The Morgan fingerprint density at radius 1 is 1.22 bits per heavy atom. The number of carbonyl (C=O) groups is 1. The fraction of sp³-hybridized carbons (Fsp3) is 0.222. The van der Waals surface area contributed by atoms with Crippen molar-refractivity contribution in [2.45, 2.75) is 26.8 Å². The van der Waals surface area contributed by atoms with E-state index in [-0.39, 0.29) is 11.9 Å². The molecule has 3 rings (SSSR count). The average molecular weight is 325 g/mol. The second kappa shape index (κ2) is 6.38. The summed E-state index contributed by atoms with van der Waals surface area (Å²) < 4.78 is 1.88. The first kappa shape index (κ1) is 15.5. The van der Waals surface area contributed by atoms with Gasteiger partial charge in [0, 0.05) is 16.1 Å². The molecule has 0 radical (unpaired) electrons. The minimum atomic E-state index is -0.0641. The number of hydrogen-bond donors (Lipinski definition) is 1. The highest BCUT2D eigenvalue weighted by Gasteiger charge is 2.12. The van der Waals surface area contributed by atoms with Crippen LogP contribution in [0.1, 0.15) is 39.6 Å². The van der Waals surface area contributed by atoms with Gasteiger partial charge < -0.3 is 5.32 Å². The first-order chi connectivity index (χ1) is 11.0. The van der Waals surface area contributed by atoms with Crippen LogP contribution >= 0.6 is 11.3 Å². The average Bonchev–Trinajstić information content (AvgIpc) is 3.17.